The number of urea groups is 1. The standard InChI is InChI=1S/C25H27N3O5/c1-16(24(31)27-25(32)26-17-9-3-2-4-10-17)33-22(29)15-28-20-13-7-5-11-18(20)23(30)19-12-6-8-14-21(19)28/h5-8,11-14,16-17H,2-4,9-10,15H2,1H3,(H2,26,27,31,32). The molecule has 0 radical (unpaired) electrons. The van der Waals surface area contributed by atoms with E-state index in [1.165, 1.54) is 6.92 Å². The summed E-state index contributed by atoms with van der Waals surface area (Å²) >= 11 is 0. The van der Waals surface area contributed by atoms with Crippen LogP contribution in [0.25, 0.3) is 21.8 Å². The lowest BCUT2D eigenvalue weighted by Gasteiger charge is -2.23. The molecule has 2 N–H and O–H groups in total. The van der Waals surface area contributed by atoms with Crippen molar-refractivity contribution in [2.75, 3.05) is 0 Å². The van der Waals surface area contributed by atoms with Crippen molar-refractivity contribution >= 4 is 39.7 Å². The molecule has 1 aromatic heterocycles. The van der Waals surface area contributed by atoms with E-state index in [0.29, 0.717) is 21.8 Å². The van der Waals surface area contributed by atoms with Crippen LogP contribution in [0, 0.1) is 0 Å². The Balaban J connectivity index is 1.45. The SMILES string of the molecule is CC(OC(=O)Cn1c2ccccc2c(=O)c2ccccc21)C(=O)NC(=O)NC1CCCCC1. The van der Waals surface area contributed by atoms with Crippen LogP contribution in [-0.4, -0.2) is 34.6 Å². The van der Waals surface area contributed by atoms with Crippen LogP contribution in [0.2, 0.25) is 0 Å². The second-order valence-electron chi connectivity index (χ2n) is 8.38. The molecule has 1 heterocycles. The number of nitrogens with one attached hydrogen (secondary N) is 2. The van der Waals surface area contributed by atoms with Gasteiger partial charge in [-0.05, 0) is 44.0 Å². The fraction of sp³-hybridized carbons (Fsp3) is 0.360. The average Bonchev–Trinajstić information content (AvgIpc) is 2.82. The maximum Gasteiger partial charge on any atom is 0.326 e. The molecular formula is C25H27N3O5. The number of carbonyl (C=O) groups is 3. The highest BCUT2D eigenvalue weighted by atomic mass is 16.5. The molecule has 0 bridgehead atoms. The number of aromatic nitrogens is 1. The lowest BCUT2D eigenvalue weighted by Crippen LogP contribution is -2.48. The summed E-state index contributed by atoms with van der Waals surface area (Å²) < 4.78 is 7.01. The lowest BCUT2D eigenvalue weighted by atomic mass is 9.96. The van der Waals surface area contributed by atoms with Crippen molar-refractivity contribution < 1.29 is 19.1 Å². The third-order valence-electron chi connectivity index (χ3n) is 6.02. The Morgan fingerprint density at radius 1 is 0.970 bits per heavy atom. The number of pyridine rings is 1. The minimum atomic E-state index is -1.15. The Hall–Kier alpha value is -3.68. The van der Waals surface area contributed by atoms with Crippen LogP contribution in [0.3, 0.4) is 0 Å². The van der Waals surface area contributed by atoms with Gasteiger partial charge < -0.3 is 14.6 Å². The molecule has 0 spiro atoms. The van der Waals surface area contributed by atoms with Crippen LogP contribution < -0.4 is 16.1 Å². The molecule has 1 aliphatic rings. The topological polar surface area (TPSA) is 106 Å². The van der Waals surface area contributed by atoms with E-state index >= 15 is 0 Å². The molecule has 0 saturated heterocycles. The molecule has 8 nitrogen and oxygen atoms in total. The zero-order valence-corrected chi connectivity index (χ0v) is 18.5. The Morgan fingerprint density at radius 3 is 2.15 bits per heavy atom. The predicted octanol–water partition coefficient (Wildman–Crippen LogP) is 3.24. The van der Waals surface area contributed by atoms with Crippen LogP contribution in [0.5, 0.6) is 0 Å². The van der Waals surface area contributed by atoms with Crippen molar-refractivity contribution in [2.45, 2.75) is 57.7 Å². The Bertz CT molecular complexity index is 1200. The van der Waals surface area contributed by atoms with Gasteiger partial charge in [-0.1, -0.05) is 43.5 Å². The quantitative estimate of drug-likeness (QED) is 0.459. The first-order chi connectivity index (χ1) is 15.9. The number of amides is 3. The minimum Gasteiger partial charge on any atom is -0.451 e. The number of rotatable bonds is 5. The van der Waals surface area contributed by atoms with Gasteiger partial charge >= 0.3 is 12.0 Å². The summed E-state index contributed by atoms with van der Waals surface area (Å²) in [5.41, 5.74) is 1.09. The third-order valence-corrected chi connectivity index (χ3v) is 6.02. The molecule has 3 amide bonds. The summed E-state index contributed by atoms with van der Waals surface area (Å²) in [6.45, 7) is 1.23. The van der Waals surface area contributed by atoms with Crippen LogP contribution in [-0.2, 0) is 20.9 Å². The minimum absolute atomic E-state index is 0.0614. The van der Waals surface area contributed by atoms with Gasteiger partial charge in [-0.2, -0.15) is 0 Å². The van der Waals surface area contributed by atoms with Gasteiger partial charge in [0.05, 0.1) is 11.0 Å². The summed E-state index contributed by atoms with van der Waals surface area (Å²) in [6, 6.07) is 13.6. The summed E-state index contributed by atoms with van der Waals surface area (Å²) in [4.78, 5) is 50.0. The van der Waals surface area contributed by atoms with Crippen molar-refractivity contribution in [3.05, 3.63) is 58.8 Å². The lowest BCUT2D eigenvalue weighted by molar-refractivity contribution is -0.154. The van der Waals surface area contributed by atoms with Gasteiger partial charge in [0.15, 0.2) is 11.5 Å². The van der Waals surface area contributed by atoms with E-state index in [-0.39, 0.29) is 18.0 Å². The van der Waals surface area contributed by atoms with Gasteiger partial charge in [0.2, 0.25) is 0 Å². The zero-order valence-electron chi connectivity index (χ0n) is 18.5. The van der Waals surface area contributed by atoms with E-state index in [2.05, 4.69) is 10.6 Å². The molecule has 3 aromatic rings. The summed E-state index contributed by atoms with van der Waals surface area (Å²) in [5, 5.41) is 6.04. The van der Waals surface area contributed by atoms with Gasteiger partial charge in [0.1, 0.15) is 6.54 Å². The number of carbonyl (C=O) groups excluding carboxylic acids is 3. The number of imide groups is 1. The molecule has 1 saturated carbocycles. The van der Waals surface area contributed by atoms with Gasteiger partial charge in [0.25, 0.3) is 5.91 Å². The maximum absolute atomic E-state index is 12.8. The van der Waals surface area contributed by atoms with Gasteiger partial charge in [-0.15, -0.1) is 0 Å². The first kappa shape index (κ1) is 22.5. The molecule has 0 aliphatic heterocycles. The number of para-hydroxylation sites is 2. The van der Waals surface area contributed by atoms with Crippen LogP contribution in [0.1, 0.15) is 39.0 Å². The molecule has 4 rings (SSSR count). The summed E-state index contributed by atoms with van der Waals surface area (Å²) in [5.74, 6) is -1.34. The number of esters is 1. The second-order valence-corrected chi connectivity index (χ2v) is 8.38. The van der Waals surface area contributed by atoms with E-state index in [0.717, 1.165) is 32.1 Å². The highest BCUT2D eigenvalue weighted by Crippen LogP contribution is 2.19. The highest BCUT2D eigenvalue weighted by molar-refractivity contribution is 5.97. The number of nitrogens with zero attached hydrogens (tertiary/aromatic N) is 1. The predicted molar refractivity (Wildman–Crippen MR) is 125 cm³/mol. The molecule has 8 heteroatoms. The molecule has 33 heavy (non-hydrogen) atoms. The Labute approximate surface area is 190 Å². The van der Waals surface area contributed by atoms with Crippen molar-refractivity contribution in [1.82, 2.24) is 15.2 Å². The molecule has 1 fully saturated rings. The Kier molecular flexibility index (Phi) is 6.72. The van der Waals surface area contributed by atoms with E-state index < -0.39 is 24.0 Å². The van der Waals surface area contributed by atoms with Crippen molar-refractivity contribution in [3.63, 3.8) is 0 Å². The second kappa shape index (κ2) is 9.85. The normalized spacial score (nSPS) is 15.2. The molecular weight excluding hydrogens is 422 g/mol. The van der Waals surface area contributed by atoms with Crippen molar-refractivity contribution in [2.24, 2.45) is 0 Å². The highest BCUT2D eigenvalue weighted by Gasteiger charge is 2.23. The average molecular weight is 450 g/mol. The van der Waals surface area contributed by atoms with Gasteiger partial charge in [-0.3, -0.25) is 19.7 Å². The fourth-order valence-electron chi connectivity index (χ4n) is 4.35. The van der Waals surface area contributed by atoms with Crippen LogP contribution in [0.4, 0.5) is 4.79 Å². The zero-order chi connectivity index (χ0) is 23.4. The van der Waals surface area contributed by atoms with E-state index in [4.69, 9.17) is 4.74 Å². The van der Waals surface area contributed by atoms with Gasteiger partial charge in [-0.25, -0.2) is 4.79 Å². The van der Waals surface area contributed by atoms with Crippen LogP contribution in [0.15, 0.2) is 53.3 Å². The number of fused-ring (bicyclic) bond motifs is 2. The first-order valence-corrected chi connectivity index (χ1v) is 11.2. The number of hydrogen-bond acceptors (Lipinski definition) is 5. The van der Waals surface area contributed by atoms with Crippen molar-refractivity contribution in [3.8, 4) is 0 Å². The molecule has 2 aromatic carbocycles. The van der Waals surface area contributed by atoms with E-state index in [1.54, 1.807) is 53.1 Å². The third kappa shape index (κ3) is 5.05. The fourth-order valence-corrected chi connectivity index (χ4v) is 4.35. The number of hydrogen-bond donors (Lipinski definition) is 2. The Morgan fingerprint density at radius 2 is 1.55 bits per heavy atom. The largest absolute Gasteiger partial charge is 0.451 e. The molecule has 1 aliphatic carbocycles. The van der Waals surface area contributed by atoms with E-state index in [1.807, 2.05) is 0 Å². The number of benzene rings is 2. The van der Waals surface area contributed by atoms with Crippen LogP contribution >= 0.6 is 0 Å². The maximum atomic E-state index is 12.8. The molecule has 1 unspecified atom stereocenters. The molecule has 172 valence electrons. The monoisotopic (exact) mass is 449 g/mol. The first-order valence-electron chi connectivity index (χ1n) is 11.2. The van der Waals surface area contributed by atoms with Gasteiger partial charge in [0, 0.05) is 16.8 Å². The smallest absolute Gasteiger partial charge is 0.326 e. The number of ether oxygens (including phenoxy) is 1. The van der Waals surface area contributed by atoms with E-state index in [9.17, 15) is 19.2 Å². The molecule has 1 atom stereocenters. The summed E-state index contributed by atoms with van der Waals surface area (Å²) in [7, 11) is 0. The summed E-state index contributed by atoms with van der Waals surface area (Å²) in [6.07, 6.45) is 3.92. The van der Waals surface area contributed by atoms with Crippen molar-refractivity contribution in [1.29, 1.82) is 0 Å².